The number of rotatable bonds is 7. The van der Waals surface area contributed by atoms with Crippen molar-refractivity contribution in [1.29, 1.82) is 0 Å². The van der Waals surface area contributed by atoms with E-state index in [4.69, 9.17) is 21.1 Å². The van der Waals surface area contributed by atoms with E-state index in [2.05, 4.69) is 5.32 Å². The Hall–Kier alpha value is -2.48. The van der Waals surface area contributed by atoms with Gasteiger partial charge in [0.2, 0.25) is 5.91 Å². The molecule has 1 saturated heterocycles. The molecular weight excluding hydrogens is 410 g/mol. The largest absolute Gasteiger partial charge is 0.493 e. The first-order valence-corrected chi connectivity index (χ1v) is 10.6. The predicted octanol–water partition coefficient (Wildman–Crippen LogP) is 2.96. The van der Waals surface area contributed by atoms with E-state index in [1.165, 1.54) is 12.0 Å². The second-order valence-corrected chi connectivity index (χ2v) is 8.05. The van der Waals surface area contributed by atoms with E-state index < -0.39 is 17.5 Å². The molecule has 9 heteroatoms. The summed E-state index contributed by atoms with van der Waals surface area (Å²) < 4.78 is 10.8. The van der Waals surface area contributed by atoms with Crippen LogP contribution in [0.25, 0.3) is 0 Å². The van der Waals surface area contributed by atoms with Crippen LogP contribution in [-0.4, -0.2) is 60.5 Å². The molecule has 4 amide bonds. The number of hydrogen-bond acceptors (Lipinski definition) is 5. The monoisotopic (exact) mass is 437 g/mol. The molecule has 1 spiro atoms. The topological polar surface area (TPSA) is 88.2 Å². The molecule has 164 valence electrons. The molecule has 1 aliphatic heterocycles. The van der Waals surface area contributed by atoms with Crippen LogP contribution in [0.3, 0.4) is 0 Å². The van der Waals surface area contributed by atoms with Crippen molar-refractivity contribution in [2.24, 2.45) is 0 Å². The maximum atomic E-state index is 13.0. The molecule has 2 aliphatic rings. The lowest BCUT2D eigenvalue weighted by atomic mass is 9.81. The molecule has 0 bridgehead atoms. The number of carbonyl (C=O) groups is 3. The molecule has 1 aromatic rings. The number of hydrogen-bond donors (Lipinski definition) is 1. The molecule has 30 heavy (non-hydrogen) atoms. The van der Waals surface area contributed by atoms with Crippen molar-refractivity contribution < 1.29 is 23.9 Å². The minimum absolute atomic E-state index is 0.179. The number of carbonyl (C=O) groups excluding carboxylic acids is 3. The van der Waals surface area contributed by atoms with E-state index in [-0.39, 0.29) is 19.0 Å². The van der Waals surface area contributed by atoms with Crippen molar-refractivity contribution >= 4 is 29.4 Å². The van der Waals surface area contributed by atoms with E-state index >= 15 is 0 Å². The van der Waals surface area contributed by atoms with Crippen LogP contribution in [-0.2, 0) is 16.1 Å². The van der Waals surface area contributed by atoms with Gasteiger partial charge in [-0.15, -0.1) is 0 Å². The van der Waals surface area contributed by atoms with Crippen LogP contribution in [0.15, 0.2) is 12.1 Å². The molecule has 1 heterocycles. The van der Waals surface area contributed by atoms with Gasteiger partial charge in [-0.1, -0.05) is 30.9 Å². The van der Waals surface area contributed by atoms with Gasteiger partial charge in [-0.3, -0.25) is 14.5 Å². The molecule has 1 aromatic carbocycles. The molecule has 8 nitrogen and oxygen atoms in total. The number of nitrogens with zero attached hydrogens (tertiary/aromatic N) is 2. The summed E-state index contributed by atoms with van der Waals surface area (Å²) in [5, 5.41) is 3.13. The number of methoxy groups -OCH3 is 1. The van der Waals surface area contributed by atoms with Crippen LogP contribution in [0.5, 0.6) is 11.5 Å². The number of ether oxygens (including phenoxy) is 2. The smallest absolute Gasteiger partial charge is 0.327 e. The third-order valence-electron chi connectivity index (χ3n) is 5.85. The maximum Gasteiger partial charge on any atom is 0.327 e. The number of amides is 4. The van der Waals surface area contributed by atoms with Crippen molar-refractivity contribution in [3.8, 4) is 11.5 Å². The van der Waals surface area contributed by atoms with Crippen LogP contribution in [0.2, 0.25) is 5.02 Å². The van der Waals surface area contributed by atoms with Gasteiger partial charge < -0.3 is 19.7 Å². The van der Waals surface area contributed by atoms with Gasteiger partial charge in [0, 0.05) is 13.6 Å². The highest BCUT2D eigenvalue weighted by Gasteiger charge is 2.55. The van der Waals surface area contributed by atoms with Crippen molar-refractivity contribution in [2.75, 3.05) is 27.3 Å². The van der Waals surface area contributed by atoms with Crippen LogP contribution in [0.1, 0.15) is 44.6 Å². The molecule has 0 atom stereocenters. The standard InChI is InChI=1S/C21H28ClN3O5/c1-4-30-18-15(22)10-14(11-16(18)29-3)12-23-17(26)13-25-19(27)21(24(2)20(25)28)8-6-5-7-9-21/h10-11H,4-9,12-13H2,1-3H3,(H,23,26). The van der Waals surface area contributed by atoms with E-state index in [0.717, 1.165) is 24.2 Å². The van der Waals surface area contributed by atoms with Crippen LogP contribution >= 0.6 is 11.6 Å². The normalized spacial score (nSPS) is 18.1. The van der Waals surface area contributed by atoms with Crippen molar-refractivity contribution in [3.63, 3.8) is 0 Å². The Morgan fingerprint density at radius 3 is 2.57 bits per heavy atom. The fourth-order valence-corrected chi connectivity index (χ4v) is 4.52. The molecule has 0 unspecified atom stereocenters. The van der Waals surface area contributed by atoms with Gasteiger partial charge in [0.1, 0.15) is 12.1 Å². The maximum absolute atomic E-state index is 13.0. The first-order chi connectivity index (χ1) is 14.3. The Kier molecular flexibility index (Phi) is 6.75. The minimum Gasteiger partial charge on any atom is -0.493 e. The summed E-state index contributed by atoms with van der Waals surface area (Å²) >= 11 is 6.26. The number of benzene rings is 1. The van der Waals surface area contributed by atoms with Crippen molar-refractivity contribution in [2.45, 2.75) is 51.1 Å². The quantitative estimate of drug-likeness (QED) is 0.662. The Morgan fingerprint density at radius 2 is 1.93 bits per heavy atom. The summed E-state index contributed by atoms with van der Waals surface area (Å²) in [6, 6.07) is 3.00. The van der Waals surface area contributed by atoms with E-state index in [1.54, 1.807) is 19.2 Å². The van der Waals surface area contributed by atoms with Crippen LogP contribution < -0.4 is 14.8 Å². The third kappa shape index (κ3) is 4.05. The second-order valence-electron chi connectivity index (χ2n) is 7.64. The first-order valence-electron chi connectivity index (χ1n) is 10.2. The highest BCUT2D eigenvalue weighted by molar-refractivity contribution is 6.32. The average molecular weight is 438 g/mol. The number of imide groups is 1. The summed E-state index contributed by atoms with van der Waals surface area (Å²) in [6.07, 6.45) is 4.17. The Bertz CT molecular complexity index is 838. The first kappa shape index (κ1) is 22.2. The Balaban J connectivity index is 1.64. The zero-order chi connectivity index (χ0) is 21.9. The molecule has 3 rings (SSSR count). The molecule has 1 aliphatic carbocycles. The van der Waals surface area contributed by atoms with Crippen molar-refractivity contribution in [3.05, 3.63) is 22.7 Å². The van der Waals surface area contributed by atoms with Crippen molar-refractivity contribution in [1.82, 2.24) is 15.1 Å². The lowest BCUT2D eigenvalue weighted by molar-refractivity contribution is -0.137. The van der Waals surface area contributed by atoms with Gasteiger partial charge in [0.05, 0.1) is 18.7 Å². The fourth-order valence-electron chi connectivity index (χ4n) is 4.23. The summed E-state index contributed by atoms with van der Waals surface area (Å²) in [7, 11) is 3.16. The van der Waals surface area contributed by atoms with Crippen LogP contribution in [0.4, 0.5) is 4.79 Å². The number of urea groups is 1. The van der Waals surface area contributed by atoms with E-state index in [1.807, 2.05) is 6.92 Å². The lowest BCUT2D eigenvalue weighted by Crippen LogP contribution is -2.49. The molecule has 0 aromatic heterocycles. The number of likely N-dealkylation sites (N-methyl/N-ethyl adjacent to an activating group) is 1. The number of nitrogens with one attached hydrogen (secondary N) is 1. The summed E-state index contributed by atoms with van der Waals surface area (Å²) in [5.74, 6) is 0.239. The van der Waals surface area contributed by atoms with Crippen LogP contribution in [0, 0.1) is 0 Å². The Labute approximate surface area is 181 Å². The second kappa shape index (κ2) is 9.12. The SMILES string of the molecule is CCOc1c(Cl)cc(CNC(=O)CN2C(=O)N(C)C3(CCCCC3)C2=O)cc1OC. The predicted molar refractivity (Wildman–Crippen MR) is 112 cm³/mol. The van der Waals surface area contributed by atoms with Gasteiger partial charge in [-0.25, -0.2) is 4.79 Å². The Morgan fingerprint density at radius 1 is 1.23 bits per heavy atom. The van der Waals surface area contributed by atoms with E-state index in [9.17, 15) is 14.4 Å². The van der Waals surface area contributed by atoms with Gasteiger partial charge in [-0.05, 0) is 37.5 Å². The third-order valence-corrected chi connectivity index (χ3v) is 6.13. The minimum atomic E-state index is -0.786. The molecule has 1 saturated carbocycles. The molecule has 2 fully saturated rings. The zero-order valence-electron chi connectivity index (χ0n) is 17.6. The van der Waals surface area contributed by atoms with Gasteiger partial charge in [0.25, 0.3) is 5.91 Å². The average Bonchev–Trinajstić information content (AvgIpc) is 2.90. The zero-order valence-corrected chi connectivity index (χ0v) is 18.4. The summed E-state index contributed by atoms with van der Waals surface area (Å²) in [5.41, 5.74) is -0.0698. The fraction of sp³-hybridized carbons (Fsp3) is 0.571. The van der Waals surface area contributed by atoms with Gasteiger partial charge in [-0.2, -0.15) is 0 Å². The lowest BCUT2D eigenvalue weighted by Gasteiger charge is -2.35. The molecule has 1 N–H and O–H groups in total. The van der Waals surface area contributed by atoms with E-state index in [0.29, 0.717) is 41.5 Å². The van der Waals surface area contributed by atoms with Gasteiger partial charge in [0.15, 0.2) is 11.5 Å². The highest BCUT2D eigenvalue weighted by atomic mass is 35.5. The molecule has 0 radical (unpaired) electrons. The van der Waals surface area contributed by atoms with Gasteiger partial charge >= 0.3 is 6.03 Å². The summed E-state index contributed by atoms with van der Waals surface area (Å²) in [6.45, 7) is 2.17. The summed E-state index contributed by atoms with van der Waals surface area (Å²) in [4.78, 5) is 40.7. The highest BCUT2D eigenvalue weighted by Crippen LogP contribution is 2.39. The number of halogens is 1. The molecular formula is C21H28ClN3O5.